The van der Waals surface area contributed by atoms with Gasteiger partial charge in [0.2, 0.25) is 0 Å². The average molecular weight is 390 g/mol. The number of rotatable bonds is 6. The van der Waals surface area contributed by atoms with E-state index in [4.69, 9.17) is 4.74 Å². The third kappa shape index (κ3) is 4.24. The van der Waals surface area contributed by atoms with Crippen molar-refractivity contribution in [2.24, 2.45) is 0 Å². The molecule has 2 aromatic carbocycles. The van der Waals surface area contributed by atoms with E-state index in [1.165, 1.54) is 11.1 Å². The Morgan fingerprint density at radius 1 is 0.931 bits per heavy atom. The van der Waals surface area contributed by atoms with Gasteiger partial charge in [0, 0.05) is 28.3 Å². The predicted molar refractivity (Wildman–Crippen MR) is 115 cm³/mol. The largest absolute Gasteiger partial charge is 0.494 e. The van der Waals surface area contributed by atoms with Crippen LogP contribution < -0.4 is 10.1 Å². The Morgan fingerprint density at radius 3 is 2.24 bits per heavy atom. The van der Waals surface area contributed by atoms with E-state index in [2.05, 4.69) is 31.3 Å². The van der Waals surface area contributed by atoms with Crippen LogP contribution in [0.4, 0.5) is 5.69 Å². The van der Waals surface area contributed by atoms with Crippen LogP contribution in [0, 0.1) is 27.7 Å². The molecule has 0 saturated carbocycles. The molecule has 1 aromatic heterocycles. The average Bonchev–Trinajstić information content (AvgIpc) is 2.99. The molecule has 5 nitrogen and oxygen atoms in total. The van der Waals surface area contributed by atoms with E-state index >= 15 is 0 Å². The summed E-state index contributed by atoms with van der Waals surface area (Å²) in [5.41, 5.74) is 5.98. The molecule has 0 radical (unpaired) electrons. The first-order valence-corrected chi connectivity index (χ1v) is 9.67. The molecule has 0 unspecified atom stereocenters. The second-order valence-electron chi connectivity index (χ2n) is 7.13. The quantitative estimate of drug-likeness (QED) is 0.479. The molecule has 5 heteroatoms. The number of carbonyl (C=O) groups excluding carboxylic acids is 2. The van der Waals surface area contributed by atoms with Crippen LogP contribution >= 0.6 is 0 Å². The highest BCUT2D eigenvalue weighted by Crippen LogP contribution is 2.23. The van der Waals surface area contributed by atoms with Gasteiger partial charge in [-0.15, -0.1) is 0 Å². The van der Waals surface area contributed by atoms with Gasteiger partial charge in [-0.05, 0) is 88.2 Å². The van der Waals surface area contributed by atoms with Gasteiger partial charge in [-0.25, -0.2) is 0 Å². The van der Waals surface area contributed by atoms with Gasteiger partial charge in [0.1, 0.15) is 5.75 Å². The molecule has 3 aromatic rings. The van der Waals surface area contributed by atoms with Crippen molar-refractivity contribution in [3.63, 3.8) is 0 Å². The normalized spacial score (nSPS) is 10.7. The molecule has 0 saturated heterocycles. The van der Waals surface area contributed by atoms with Crippen LogP contribution in [0.15, 0.2) is 48.5 Å². The summed E-state index contributed by atoms with van der Waals surface area (Å²) in [7, 11) is 0. The van der Waals surface area contributed by atoms with E-state index in [0.717, 1.165) is 17.1 Å². The molecule has 1 amide bonds. The van der Waals surface area contributed by atoms with Crippen molar-refractivity contribution >= 4 is 17.4 Å². The predicted octanol–water partition coefficient (Wildman–Crippen LogP) is 4.93. The van der Waals surface area contributed by atoms with E-state index in [0.29, 0.717) is 23.6 Å². The summed E-state index contributed by atoms with van der Waals surface area (Å²) >= 11 is 0. The highest BCUT2D eigenvalue weighted by molar-refractivity contribution is 6.46. The fourth-order valence-corrected chi connectivity index (χ4v) is 3.37. The number of nitrogens with one attached hydrogen (secondary N) is 1. The third-order valence-corrected chi connectivity index (χ3v) is 5.05. The minimum atomic E-state index is -0.658. The maximum atomic E-state index is 12.8. The minimum Gasteiger partial charge on any atom is -0.494 e. The minimum absolute atomic E-state index is 0.407. The third-order valence-electron chi connectivity index (χ3n) is 5.05. The van der Waals surface area contributed by atoms with Gasteiger partial charge in [0.05, 0.1) is 6.61 Å². The topological polar surface area (TPSA) is 60.3 Å². The van der Waals surface area contributed by atoms with Crippen molar-refractivity contribution in [2.75, 3.05) is 11.9 Å². The summed E-state index contributed by atoms with van der Waals surface area (Å²) in [6, 6.07) is 14.9. The Hall–Kier alpha value is -3.34. The number of carbonyl (C=O) groups is 2. The second kappa shape index (κ2) is 8.35. The van der Waals surface area contributed by atoms with E-state index in [9.17, 15) is 9.59 Å². The Bertz CT molecular complexity index is 1060. The number of aromatic nitrogens is 1. The second-order valence-corrected chi connectivity index (χ2v) is 7.13. The maximum absolute atomic E-state index is 12.8. The number of amides is 1. The first kappa shape index (κ1) is 20.4. The number of nitrogens with zero attached hydrogens (tertiary/aromatic N) is 1. The summed E-state index contributed by atoms with van der Waals surface area (Å²) in [5.74, 6) is -0.495. The number of benzene rings is 2. The van der Waals surface area contributed by atoms with Gasteiger partial charge in [-0.3, -0.25) is 9.59 Å². The molecule has 150 valence electrons. The fourth-order valence-electron chi connectivity index (χ4n) is 3.37. The number of hydrogen-bond donors (Lipinski definition) is 1. The molecule has 1 N–H and O–H groups in total. The van der Waals surface area contributed by atoms with Crippen LogP contribution in [-0.4, -0.2) is 22.9 Å². The van der Waals surface area contributed by atoms with Crippen LogP contribution in [0.1, 0.15) is 39.8 Å². The number of ether oxygens (including phenoxy) is 1. The summed E-state index contributed by atoms with van der Waals surface area (Å²) in [4.78, 5) is 25.3. The van der Waals surface area contributed by atoms with Gasteiger partial charge in [-0.2, -0.15) is 0 Å². The number of hydrogen-bond acceptors (Lipinski definition) is 3. The van der Waals surface area contributed by atoms with E-state index in [1.807, 2.05) is 31.4 Å². The van der Waals surface area contributed by atoms with Crippen molar-refractivity contribution in [1.29, 1.82) is 0 Å². The number of aryl methyl sites for hydroxylation is 3. The molecule has 0 bridgehead atoms. The lowest BCUT2D eigenvalue weighted by Crippen LogP contribution is -2.23. The summed E-state index contributed by atoms with van der Waals surface area (Å²) in [6.45, 7) is 10.4. The Balaban J connectivity index is 1.83. The number of ketones is 1. The van der Waals surface area contributed by atoms with Gasteiger partial charge in [0.25, 0.3) is 11.7 Å². The molecule has 0 spiro atoms. The lowest BCUT2D eigenvalue weighted by Gasteiger charge is -2.12. The van der Waals surface area contributed by atoms with Crippen molar-refractivity contribution in [2.45, 2.75) is 34.6 Å². The molecule has 0 aliphatic heterocycles. The Labute approximate surface area is 171 Å². The van der Waals surface area contributed by atoms with Crippen molar-refractivity contribution in [1.82, 2.24) is 4.57 Å². The zero-order chi connectivity index (χ0) is 21.1. The van der Waals surface area contributed by atoms with Crippen molar-refractivity contribution < 1.29 is 14.3 Å². The molecule has 0 atom stereocenters. The first-order chi connectivity index (χ1) is 13.8. The van der Waals surface area contributed by atoms with Crippen molar-refractivity contribution in [3.8, 4) is 11.4 Å². The van der Waals surface area contributed by atoms with Crippen molar-refractivity contribution in [3.05, 3.63) is 76.6 Å². The number of anilines is 1. The molecule has 29 heavy (non-hydrogen) atoms. The first-order valence-electron chi connectivity index (χ1n) is 9.67. The van der Waals surface area contributed by atoms with E-state index < -0.39 is 11.7 Å². The summed E-state index contributed by atoms with van der Waals surface area (Å²) in [6.07, 6.45) is 0. The lowest BCUT2D eigenvalue weighted by molar-refractivity contribution is -0.112. The molecular weight excluding hydrogens is 364 g/mol. The van der Waals surface area contributed by atoms with E-state index in [1.54, 1.807) is 30.3 Å². The SMILES string of the molecule is CCOc1ccc(NC(=O)C(=O)c2cc(C)n(-c3ccc(C)c(C)c3)c2C)cc1. The summed E-state index contributed by atoms with van der Waals surface area (Å²) in [5, 5.41) is 2.67. The standard InChI is InChI=1S/C24H26N2O3/c1-6-29-21-11-8-19(9-12-21)25-24(28)23(27)22-14-17(4)26(18(22)5)20-10-7-15(2)16(3)13-20/h7-14H,6H2,1-5H3,(H,25,28). The molecular formula is C24H26N2O3. The molecule has 0 aliphatic carbocycles. The summed E-state index contributed by atoms with van der Waals surface area (Å²) < 4.78 is 7.39. The monoisotopic (exact) mass is 390 g/mol. The van der Waals surface area contributed by atoms with Crippen LogP contribution in [0.2, 0.25) is 0 Å². The van der Waals surface area contributed by atoms with Gasteiger partial charge in [0.15, 0.2) is 0 Å². The zero-order valence-corrected chi connectivity index (χ0v) is 17.5. The smallest absolute Gasteiger partial charge is 0.296 e. The van der Waals surface area contributed by atoms with Crippen LogP contribution in [0.5, 0.6) is 5.75 Å². The van der Waals surface area contributed by atoms with Gasteiger partial charge < -0.3 is 14.6 Å². The molecule has 3 rings (SSSR count). The van der Waals surface area contributed by atoms with Crippen LogP contribution in [0.25, 0.3) is 5.69 Å². The Morgan fingerprint density at radius 2 is 1.62 bits per heavy atom. The number of Topliss-reactive ketones (excluding diaryl/α,β-unsaturated/α-hetero) is 1. The highest BCUT2D eigenvalue weighted by Gasteiger charge is 2.23. The zero-order valence-electron chi connectivity index (χ0n) is 17.5. The lowest BCUT2D eigenvalue weighted by atomic mass is 10.1. The maximum Gasteiger partial charge on any atom is 0.296 e. The van der Waals surface area contributed by atoms with Crippen LogP contribution in [0.3, 0.4) is 0 Å². The molecule has 0 fully saturated rings. The van der Waals surface area contributed by atoms with Gasteiger partial charge >= 0.3 is 0 Å². The van der Waals surface area contributed by atoms with Crippen LogP contribution in [-0.2, 0) is 4.79 Å². The van der Waals surface area contributed by atoms with E-state index in [-0.39, 0.29) is 0 Å². The molecule has 1 heterocycles. The molecule has 0 aliphatic rings. The Kier molecular flexibility index (Phi) is 5.87. The van der Waals surface area contributed by atoms with Gasteiger partial charge in [-0.1, -0.05) is 6.07 Å². The highest BCUT2D eigenvalue weighted by atomic mass is 16.5. The fraction of sp³-hybridized carbons (Fsp3) is 0.250.